The van der Waals surface area contributed by atoms with Gasteiger partial charge in [-0.2, -0.15) is 4.98 Å². The Morgan fingerprint density at radius 1 is 0.973 bits per heavy atom. The molecule has 0 spiro atoms. The second-order valence-electron chi connectivity index (χ2n) is 8.58. The summed E-state index contributed by atoms with van der Waals surface area (Å²) < 4.78 is 18.4. The highest BCUT2D eigenvalue weighted by molar-refractivity contribution is 5.95. The molecule has 1 aliphatic heterocycles. The zero-order valence-corrected chi connectivity index (χ0v) is 20.8. The highest BCUT2D eigenvalue weighted by atomic mass is 16.5. The molecule has 9 heteroatoms. The quantitative estimate of drug-likeness (QED) is 0.373. The van der Waals surface area contributed by atoms with E-state index in [-0.39, 0.29) is 0 Å². The van der Waals surface area contributed by atoms with E-state index in [1.807, 2.05) is 66.7 Å². The number of hydrogen-bond acceptors (Lipinski definition) is 7. The second-order valence-corrected chi connectivity index (χ2v) is 8.58. The van der Waals surface area contributed by atoms with Crippen LogP contribution in [0.1, 0.15) is 24.1 Å². The third-order valence-electron chi connectivity index (χ3n) is 6.17. The molecule has 2 heterocycles. The summed E-state index contributed by atoms with van der Waals surface area (Å²) in [6, 6.07) is 22.4. The van der Waals surface area contributed by atoms with Crippen molar-refractivity contribution >= 4 is 11.9 Å². The highest BCUT2D eigenvalue weighted by Crippen LogP contribution is 2.37. The van der Waals surface area contributed by atoms with Crippen molar-refractivity contribution in [1.29, 1.82) is 0 Å². The topological polar surface area (TPSA) is 114 Å². The van der Waals surface area contributed by atoms with Crippen LogP contribution >= 0.6 is 0 Å². The lowest BCUT2D eigenvalue weighted by molar-refractivity contribution is -0.115. The van der Waals surface area contributed by atoms with Gasteiger partial charge in [-0.25, -0.2) is 4.68 Å². The maximum atomic E-state index is 12.5. The van der Waals surface area contributed by atoms with Crippen LogP contribution in [0, 0.1) is 0 Å². The highest BCUT2D eigenvalue weighted by Gasteiger charge is 2.33. The molecule has 3 aromatic carbocycles. The number of methoxy groups -OCH3 is 2. The van der Waals surface area contributed by atoms with E-state index in [0.717, 1.165) is 11.1 Å². The first-order chi connectivity index (χ1) is 18.0. The summed E-state index contributed by atoms with van der Waals surface area (Å²) in [7, 11) is 3.17. The summed E-state index contributed by atoms with van der Waals surface area (Å²) >= 11 is 0. The zero-order chi connectivity index (χ0) is 25.9. The van der Waals surface area contributed by atoms with Gasteiger partial charge in [-0.3, -0.25) is 4.79 Å². The minimum absolute atomic E-state index is 0.408. The van der Waals surface area contributed by atoms with Gasteiger partial charge in [-0.1, -0.05) is 42.5 Å². The van der Waals surface area contributed by atoms with E-state index in [1.165, 1.54) is 0 Å². The van der Waals surface area contributed by atoms with Crippen LogP contribution in [-0.4, -0.2) is 34.9 Å². The van der Waals surface area contributed by atoms with E-state index >= 15 is 0 Å². The molecular weight excluding hydrogens is 470 g/mol. The minimum atomic E-state index is -0.564. The molecule has 0 saturated carbocycles. The summed E-state index contributed by atoms with van der Waals surface area (Å²) in [5.41, 5.74) is 9.46. The standard InChI is InChI=1S/C28H27N5O4/c1-17-24(26(29)34)25(19-9-11-21(12-10-19)37-16-18-7-5-4-6-8-18)33-28(30-17)31-27(32-33)20-13-22(35-2)15-23(14-20)36-3/h4-15,25H,16H2,1-3H3,(H2,29,34)(H,30,31,32). The molecule has 1 aromatic heterocycles. The van der Waals surface area contributed by atoms with Crippen LogP contribution in [-0.2, 0) is 11.4 Å². The lowest BCUT2D eigenvalue weighted by atomic mass is 9.95. The Kier molecular flexibility index (Phi) is 6.51. The number of primary amides is 1. The Hall–Kier alpha value is -4.79. The molecule has 0 saturated heterocycles. The smallest absolute Gasteiger partial charge is 0.248 e. The van der Waals surface area contributed by atoms with Crippen molar-refractivity contribution in [2.24, 2.45) is 5.73 Å². The van der Waals surface area contributed by atoms with Crippen LogP contribution < -0.4 is 25.3 Å². The van der Waals surface area contributed by atoms with Crippen molar-refractivity contribution in [3.63, 3.8) is 0 Å². The summed E-state index contributed by atoms with van der Waals surface area (Å²) in [6.45, 7) is 2.26. The average Bonchev–Trinajstić information content (AvgIpc) is 3.35. The Morgan fingerprint density at radius 2 is 1.65 bits per heavy atom. The number of carbonyl (C=O) groups excluding carboxylic acids is 1. The van der Waals surface area contributed by atoms with E-state index in [0.29, 0.717) is 52.5 Å². The van der Waals surface area contributed by atoms with Gasteiger partial charge in [0.2, 0.25) is 11.9 Å². The third kappa shape index (κ3) is 4.84. The van der Waals surface area contributed by atoms with Gasteiger partial charge in [0, 0.05) is 17.3 Å². The van der Waals surface area contributed by atoms with Crippen LogP contribution in [0.25, 0.3) is 11.4 Å². The van der Waals surface area contributed by atoms with Crippen LogP contribution in [0.3, 0.4) is 0 Å². The molecule has 3 N–H and O–H groups in total. The van der Waals surface area contributed by atoms with Crippen molar-refractivity contribution in [1.82, 2.24) is 14.8 Å². The molecule has 0 radical (unpaired) electrons. The maximum Gasteiger partial charge on any atom is 0.248 e. The molecule has 188 valence electrons. The number of ether oxygens (including phenoxy) is 3. The second kappa shape index (κ2) is 10.1. The van der Waals surface area contributed by atoms with E-state index < -0.39 is 11.9 Å². The molecule has 5 rings (SSSR count). The Bertz CT molecular complexity index is 1440. The van der Waals surface area contributed by atoms with Gasteiger partial charge in [0.25, 0.3) is 0 Å². The molecule has 1 unspecified atom stereocenters. The van der Waals surface area contributed by atoms with Gasteiger partial charge in [-0.05, 0) is 42.3 Å². The molecule has 1 atom stereocenters. The molecule has 37 heavy (non-hydrogen) atoms. The Balaban J connectivity index is 1.50. The fourth-order valence-corrected chi connectivity index (χ4v) is 4.32. The monoisotopic (exact) mass is 497 g/mol. The zero-order valence-electron chi connectivity index (χ0n) is 20.8. The van der Waals surface area contributed by atoms with Crippen molar-refractivity contribution in [2.75, 3.05) is 19.5 Å². The van der Waals surface area contributed by atoms with Gasteiger partial charge in [0.1, 0.15) is 29.9 Å². The summed E-state index contributed by atoms with van der Waals surface area (Å²) in [5, 5.41) is 7.92. The maximum absolute atomic E-state index is 12.5. The molecule has 0 fully saturated rings. The van der Waals surface area contributed by atoms with E-state index in [9.17, 15) is 4.79 Å². The molecule has 0 bridgehead atoms. The first-order valence-corrected chi connectivity index (χ1v) is 11.7. The van der Waals surface area contributed by atoms with Gasteiger partial charge in [0.15, 0.2) is 5.82 Å². The van der Waals surface area contributed by atoms with Gasteiger partial charge >= 0.3 is 0 Å². The number of rotatable bonds is 8. The van der Waals surface area contributed by atoms with Gasteiger partial charge < -0.3 is 25.3 Å². The van der Waals surface area contributed by atoms with Crippen molar-refractivity contribution in [3.8, 4) is 28.6 Å². The average molecular weight is 498 g/mol. The molecule has 9 nitrogen and oxygen atoms in total. The van der Waals surface area contributed by atoms with Gasteiger partial charge in [0.05, 0.1) is 19.8 Å². The molecular formula is C28H27N5O4. The minimum Gasteiger partial charge on any atom is -0.497 e. The molecule has 1 amide bonds. The van der Waals surface area contributed by atoms with E-state index in [1.54, 1.807) is 31.9 Å². The lowest BCUT2D eigenvalue weighted by Crippen LogP contribution is -2.31. The first kappa shape index (κ1) is 23.9. The van der Waals surface area contributed by atoms with Crippen molar-refractivity contribution in [2.45, 2.75) is 19.6 Å². The Labute approximate surface area is 214 Å². The number of hydrogen-bond donors (Lipinski definition) is 2. The number of fused-ring (bicyclic) bond motifs is 1. The first-order valence-electron chi connectivity index (χ1n) is 11.7. The van der Waals surface area contributed by atoms with Crippen LogP contribution in [0.4, 0.5) is 5.95 Å². The van der Waals surface area contributed by atoms with Crippen LogP contribution in [0.15, 0.2) is 84.1 Å². The normalized spacial score (nSPS) is 14.5. The number of amides is 1. The SMILES string of the molecule is COc1cc(OC)cc(-c2nc3n(n2)C(c2ccc(OCc4ccccc4)cc2)C(C(N)=O)=C(C)N3)c1. The molecule has 0 aliphatic carbocycles. The number of carbonyl (C=O) groups is 1. The summed E-state index contributed by atoms with van der Waals surface area (Å²) in [4.78, 5) is 17.2. The third-order valence-corrected chi connectivity index (χ3v) is 6.17. The molecule has 4 aromatic rings. The summed E-state index contributed by atoms with van der Waals surface area (Å²) in [6.07, 6.45) is 0. The fraction of sp³-hybridized carbons (Fsp3) is 0.179. The number of anilines is 1. The predicted molar refractivity (Wildman–Crippen MR) is 139 cm³/mol. The Morgan fingerprint density at radius 3 is 2.27 bits per heavy atom. The predicted octanol–water partition coefficient (Wildman–Crippen LogP) is 4.32. The number of nitrogens with two attached hydrogens (primary N) is 1. The van der Waals surface area contributed by atoms with Crippen molar-refractivity contribution in [3.05, 3.63) is 95.2 Å². The molecule has 1 aliphatic rings. The number of nitrogens with one attached hydrogen (secondary N) is 1. The van der Waals surface area contributed by atoms with Crippen molar-refractivity contribution < 1.29 is 19.0 Å². The van der Waals surface area contributed by atoms with E-state index in [2.05, 4.69) is 5.32 Å². The van der Waals surface area contributed by atoms with Crippen LogP contribution in [0.2, 0.25) is 0 Å². The number of aromatic nitrogens is 3. The lowest BCUT2D eigenvalue weighted by Gasteiger charge is -2.27. The number of benzene rings is 3. The fourth-order valence-electron chi connectivity index (χ4n) is 4.32. The number of allylic oxidation sites excluding steroid dienone is 1. The summed E-state index contributed by atoms with van der Waals surface area (Å²) in [5.74, 6) is 2.35. The van der Waals surface area contributed by atoms with Gasteiger partial charge in [-0.15, -0.1) is 5.10 Å². The van der Waals surface area contributed by atoms with Crippen LogP contribution in [0.5, 0.6) is 17.2 Å². The number of nitrogens with zero attached hydrogens (tertiary/aromatic N) is 3. The van der Waals surface area contributed by atoms with E-state index in [4.69, 9.17) is 30.0 Å². The largest absolute Gasteiger partial charge is 0.497 e.